The van der Waals surface area contributed by atoms with E-state index < -0.39 is 0 Å². The third-order valence-electron chi connectivity index (χ3n) is 3.09. The molecule has 4 heteroatoms. The number of fused-ring (bicyclic) bond motifs is 1. The Morgan fingerprint density at radius 1 is 1.41 bits per heavy atom. The molecule has 0 aromatic heterocycles. The van der Waals surface area contributed by atoms with Gasteiger partial charge in [0.25, 0.3) is 0 Å². The molecule has 1 aromatic rings. The Labute approximate surface area is 99.6 Å². The number of amides is 1. The number of aromatic hydroxyl groups is 1. The number of benzene rings is 1. The first-order chi connectivity index (χ1) is 8.13. The maximum atomic E-state index is 11.1. The molecule has 1 amide bonds. The van der Waals surface area contributed by atoms with Crippen LogP contribution in [0.25, 0.3) is 0 Å². The number of phenols is 1. The molecule has 0 atom stereocenters. The number of hydrogen-bond donors (Lipinski definition) is 2. The Balaban J connectivity index is 2.55. The van der Waals surface area contributed by atoms with E-state index in [1.807, 2.05) is 0 Å². The Morgan fingerprint density at radius 3 is 2.76 bits per heavy atom. The second-order valence-electron chi connectivity index (χ2n) is 4.33. The molecule has 0 spiro atoms. The standard InChI is InChI=1S/C13H15NO3/c1-8(16)14-12-6-9-4-2-3-5-10(9)11(7-15)13(12)17/h6-7,17H,2-5H2,1H3,(H,14,16). The fraction of sp³-hybridized carbons (Fsp3) is 0.385. The first-order valence-electron chi connectivity index (χ1n) is 5.74. The van der Waals surface area contributed by atoms with E-state index in [9.17, 15) is 14.7 Å². The van der Waals surface area contributed by atoms with Crippen molar-refractivity contribution in [3.63, 3.8) is 0 Å². The largest absolute Gasteiger partial charge is 0.505 e. The Morgan fingerprint density at radius 2 is 2.12 bits per heavy atom. The van der Waals surface area contributed by atoms with Gasteiger partial charge >= 0.3 is 0 Å². The average molecular weight is 233 g/mol. The Bertz CT molecular complexity index is 480. The second kappa shape index (κ2) is 4.57. The molecule has 2 rings (SSSR count). The highest BCUT2D eigenvalue weighted by molar-refractivity contribution is 5.94. The van der Waals surface area contributed by atoms with Crippen LogP contribution in [0.15, 0.2) is 6.07 Å². The minimum atomic E-state index is -0.257. The highest BCUT2D eigenvalue weighted by atomic mass is 16.3. The van der Waals surface area contributed by atoms with Gasteiger partial charge in [-0.3, -0.25) is 9.59 Å². The molecule has 0 radical (unpaired) electrons. The van der Waals surface area contributed by atoms with Gasteiger partial charge in [0.05, 0.1) is 11.3 Å². The van der Waals surface area contributed by atoms with Gasteiger partial charge in [-0.25, -0.2) is 0 Å². The highest BCUT2D eigenvalue weighted by Gasteiger charge is 2.19. The normalized spacial score (nSPS) is 13.9. The van der Waals surface area contributed by atoms with Crippen molar-refractivity contribution in [2.75, 3.05) is 5.32 Å². The summed E-state index contributed by atoms with van der Waals surface area (Å²) in [6, 6.07) is 1.78. The van der Waals surface area contributed by atoms with Crippen molar-refractivity contribution >= 4 is 17.9 Å². The molecule has 4 nitrogen and oxygen atoms in total. The number of phenolic OH excluding ortho intramolecular Hbond substituents is 1. The quantitative estimate of drug-likeness (QED) is 0.606. The average Bonchev–Trinajstić information content (AvgIpc) is 2.30. The van der Waals surface area contributed by atoms with E-state index in [0.717, 1.165) is 36.8 Å². The van der Waals surface area contributed by atoms with Crippen molar-refractivity contribution in [3.8, 4) is 5.75 Å². The lowest BCUT2D eigenvalue weighted by Gasteiger charge is -2.20. The molecule has 2 N–H and O–H groups in total. The molecule has 0 bridgehead atoms. The van der Waals surface area contributed by atoms with Gasteiger partial charge in [-0.1, -0.05) is 0 Å². The van der Waals surface area contributed by atoms with Gasteiger partial charge in [0, 0.05) is 6.92 Å². The number of hydrogen-bond acceptors (Lipinski definition) is 3. The van der Waals surface area contributed by atoms with Crippen molar-refractivity contribution < 1.29 is 14.7 Å². The third-order valence-corrected chi connectivity index (χ3v) is 3.09. The predicted octanol–water partition coefficient (Wildman–Crippen LogP) is 2.04. The van der Waals surface area contributed by atoms with Crippen LogP contribution in [0.4, 0.5) is 5.69 Å². The van der Waals surface area contributed by atoms with Crippen LogP contribution in [0.5, 0.6) is 5.75 Å². The van der Waals surface area contributed by atoms with E-state index in [1.165, 1.54) is 6.92 Å². The third kappa shape index (κ3) is 2.16. The summed E-state index contributed by atoms with van der Waals surface area (Å²) in [6.45, 7) is 1.37. The molecule has 0 unspecified atom stereocenters. The summed E-state index contributed by atoms with van der Waals surface area (Å²) in [7, 11) is 0. The molecule has 0 saturated heterocycles. The fourth-order valence-corrected chi connectivity index (χ4v) is 2.34. The number of carbonyl (C=O) groups is 2. The molecule has 1 aliphatic carbocycles. The molecule has 17 heavy (non-hydrogen) atoms. The summed E-state index contributed by atoms with van der Waals surface area (Å²) in [4.78, 5) is 22.1. The molecule has 0 saturated carbocycles. The lowest BCUT2D eigenvalue weighted by molar-refractivity contribution is -0.114. The smallest absolute Gasteiger partial charge is 0.221 e. The first kappa shape index (κ1) is 11.6. The van der Waals surface area contributed by atoms with Crippen LogP contribution in [0.2, 0.25) is 0 Å². The van der Waals surface area contributed by atoms with Crippen LogP contribution in [-0.2, 0) is 17.6 Å². The SMILES string of the molecule is CC(=O)Nc1cc2c(c(C=O)c1O)CCCC2. The van der Waals surface area contributed by atoms with Crippen LogP contribution in [0.1, 0.15) is 41.3 Å². The first-order valence-corrected chi connectivity index (χ1v) is 5.74. The lowest BCUT2D eigenvalue weighted by atomic mass is 9.87. The summed E-state index contributed by atoms with van der Waals surface area (Å²) < 4.78 is 0. The number of carbonyl (C=O) groups excluding carboxylic acids is 2. The molecule has 1 aliphatic rings. The van der Waals surface area contributed by atoms with E-state index in [0.29, 0.717) is 17.5 Å². The van der Waals surface area contributed by atoms with E-state index in [2.05, 4.69) is 5.32 Å². The molecule has 1 aromatic carbocycles. The van der Waals surface area contributed by atoms with Crippen LogP contribution in [0, 0.1) is 0 Å². The summed E-state index contributed by atoms with van der Waals surface area (Å²) >= 11 is 0. The molecule has 0 fully saturated rings. The van der Waals surface area contributed by atoms with E-state index >= 15 is 0 Å². The van der Waals surface area contributed by atoms with Gasteiger partial charge in [0.1, 0.15) is 5.75 Å². The van der Waals surface area contributed by atoms with Gasteiger partial charge in [-0.05, 0) is 42.9 Å². The van der Waals surface area contributed by atoms with E-state index in [4.69, 9.17) is 0 Å². The monoisotopic (exact) mass is 233 g/mol. The van der Waals surface area contributed by atoms with Gasteiger partial charge in [0.2, 0.25) is 5.91 Å². The van der Waals surface area contributed by atoms with Crippen molar-refractivity contribution in [3.05, 3.63) is 22.8 Å². The number of rotatable bonds is 2. The highest BCUT2D eigenvalue weighted by Crippen LogP contribution is 2.35. The summed E-state index contributed by atoms with van der Waals surface area (Å²) in [5.74, 6) is -0.372. The van der Waals surface area contributed by atoms with Gasteiger partial charge in [-0.2, -0.15) is 0 Å². The van der Waals surface area contributed by atoms with Crippen LogP contribution < -0.4 is 5.32 Å². The zero-order valence-corrected chi connectivity index (χ0v) is 9.75. The number of aryl methyl sites for hydroxylation is 1. The molecule has 0 aliphatic heterocycles. The van der Waals surface area contributed by atoms with Crippen LogP contribution in [0.3, 0.4) is 0 Å². The van der Waals surface area contributed by atoms with Crippen molar-refractivity contribution in [1.82, 2.24) is 0 Å². The zero-order chi connectivity index (χ0) is 12.4. The van der Waals surface area contributed by atoms with Crippen molar-refractivity contribution in [1.29, 1.82) is 0 Å². The number of anilines is 1. The summed E-state index contributed by atoms with van der Waals surface area (Å²) in [5.41, 5.74) is 2.64. The van der Waals surface area contributed by atoms with Crippen LogP contribution in [-0.4, -0.2) is 17.3 Å². The molecule has 90 valence electrons. The van der Waals surface area contributed by atoms with Crippen LogP contribution >= 0.6 is 0 Å². The van der Waals surface area contributed by atoms with Gasteiger partial charge < -0.3 is 10.4 Å². The fourth-order valence-electron chi connectivity index (χ4n) is 2.34. The molecule has 0 heterocycles. The summed E-state index contributed by atoms with van der Waals surface area (Å²) in [6.07, 6.45) is 4.49. The number of aldehydes is 1. The van der Waals surface area contributed by atoms with Gasteiger partial charge in [0.15, 0.2) is 6.29 Å². The Kier molecular flexibility index (Phi) is 3.13. The van der Waals surface area contributed by atoms with E-state index in [1.54, 1.807) is 6.07 Å². The van der Waals surface area contributed by atoms with Crippen molar-refractivity contribution in [2.24, 2.45) is 0 Å². The lowest BCUT2D eigenvalue weighted by Crippen LogP contribution is -2.11. The second-order valence-corrected chi connectivity index (χ2v) is 4.33. The maximum absolute atomic E-state index is 11.1. The van der Waals surface area contributed by atoms with Crippen molar-refractivity contribution in [2.45, 2.75) is 32.6 Å². The topological polar surface area (TPSA) is 66.4 Å². The Hall–Kier alpha value is -1.84. The molecular formula is C13H15NO3. The summed E-state index contributed by atoms with van der Waals surface area (Å²) in [5, 5.41) is 12.5. The molecular weight excluding hydrogens is 218 g/mol. The minimum absolute atomic E-state index is 0.115. The minimum Gasteiger partial charge on any atom is -0.505 e. The maximum Gasteiger partial charge on any atom is 0.221 e. The zero-order valence-electron chi connectivity index (χ0n) is 9.75. The predicted molar refractivity (Wildman–Crippen MR) is 64.4 cm³/mol. The van der Waals surface area contributed by atoms with E-state index in [-0.39, 0.29) is 11.7 Å². The number of nitrogens with one attached hydrogen (secondary N) is 1. The van der Waals surface area contributed by atoms with Gasteiger partial charge in [-0.15, -0.1) is 0 Å².